The third-order valence-corrected chi connectivity index (χ3v) is 5.53. The van der Waals surface area contributed by atoms with E-state index in [1.165, 1.54) is 24.9 Å². The number of ether oxygens (including phenoxy) is 1. The van der Waals surface area contributed by atoms with Gasteiger partial charge < -0.3 is 14.9 Å². The Hall–Kier alpha value is -1.71. The number of nitrogens with zero attached hydrogens (tertiary/aromatic N) is 1. The van der Waals surface area contributed by atoms with Crippen LogP contribution in [0.1, 0.15) is 12.0 Å². The van der Waals surface area contributed by atoms with E-state index in [0.29, 0.717) is 17.7 Å². The number of aromatic hydroxyl groups is 1. The number of thioether (sulfide) groups is 2. The quantitative estimate of drug-likeness (QED) is 0.535. The van der Waals surface area contributed by atoms with Gasteiger partial charge in [0.2, 0.25) is 0 Å². The fourth-order valence-electron chi connectivity index (χ4n) is 2.30. The summed E-state index contributed by atoms with van der Waals surface area (Å²) in [6.45, 7) is 0. The molecule has 1 heterocycles. The molecule has 1 aromatic rings. The second kappa shape index (κ2) is 8.59. The molecule has 0 unspecified atom stereocenters. The van der Waals surface area contributed by atoms with Crippen molar-refractivity contribution in [1.82, 2.24) is 4.90 Å². The van der Waals surface area contributed by atoms with Crippen molar-refractivity contribution >= 4 is 58.0 Å². The van der Waals surface area contributed by atoms with Gasteiger partial charge in [-0.15, -0.1) is 0 Å². The SMILES string of the molecule is COc1cccc(/C=C2\SC(=S)N([C@H](CCSC)C(=O)O)C2=O)c1O. The van der Waals surface area contributed by atoms with E-state index in [9.17, 15) is 19.8 Å². The number of carbonyl (C=O) groups excluding carboxylic acids is 1. The zero-order valence-corrected chi connectivity index (χ0v) is 16.0. The molecule has 1 aliphatic heterocycles. The first-order valence-electron chi connectivity index (χ1n) is 7.25. The highest BCUT2D eigenvalue weighted by Gasteiger charge is 2.40. The maximum Gasteiger partial charge on any atom is 0.326 e. The van der Waals surface area contributed by atoms with Gasteiger partial charge in [-0.3, -0.25) is 9.69 Å². The molecule has 1 aromatic carbocycles. The van der Waals surface area contributed by atoms with Crippen LogP contribution in [0, 0.1) is 0 Å². The van der Waals surface area contributed by atoms with E-state index >= 15 is 0 Å². The summed E-state index contributed by atoms with van der Waals surface area (Å²) in [4.78, 5) is 25.6. The Morgan fingerprint density at radius 2 is 2.24 bits per heavy atom. The zero-order valence-electron chi connectivity index (χ0n) is 13.6. The van der Waals surface area contributed by atoms with Crippen LogP contribution < -0.4 is 4.74 Å². The predicted octanol–water partition coefficient (Wildman–Crippen LogP) is 2.81. The van der Waals surface area contributed by atoms with Crippen molar-refractivity contribution in [1.29, 1.82) is 0 Å². The van der Waals surface area contributed by atoms with E-state index in [-0.39, 0.29) is 20.7 Å². The number of aliphatic carboxylic acids is 1. The van der Waals surface area contributed by atoms with Gasteiger partial charge in [-0.2, -0.15) is 11.8 Å². The molecule has 2 N–H and O–H groups in total. The summed E-state index contributed by atoms with van der Waals surface area (Å²) in [6, 6.07) is 3.92. The number of benzene rings is 1. The minimum absolute atomic E-state index is 0.0903. The van der Waals surface area contributed by atoms with Gasteiger partial charge >= 0.3 is 5.97 Å². The van der Waals surface area contributed by atoms with Gasteiger partial charge in [0.05, 0.1) is 12.0 Å². The lowest BCUT2D eigenvalue weighted by Crippen LogP contribution is -2.44. The normalized spacial score (nSPS) is 17.2. The molecule has 0 saturated carbocycles. The Bertz CT molecular complexity index is 734. The fraction of sp³-hybridized carbons (Fsp3) is 0.312. The Kier molecular flexibility index (Phi) is 6.74. The third kappa shape index (κ3) is 4.28. The highest BCUT2D eigenvalue weighted by atomic mass is 32.2. The lowest BCUT2D eigenvalue weighted by atomic mass is 10.1. The number of amides is 1. The van der Waals surface area contributed by atoms with Gasteiger partial charge in [0.1, 0.15) is 10.4 Å². The summed E-state index contributed by atoms with van der Waals surface area (Å²) in [5, 5.41) is 19.6. The molecule has 1 aliphatic rings. The van der Waals surface area contributed by atoms with Crippen molar-refractivity contribution in [3.63, 3.8) is 0 Å². The van der Waals surface area contributed by atoms with Gasteiger partial charge in [-0.1, -0.05) is 36.1 Å². The van der Waals surface area contributed by atoms with Gasteiger partial charge in [-0.05, 0) is 30.6 Å². The Morgan fingerprint density at radius 3 is 2.84 bits per heavy atom. The maximum absolute atomic E-state index is 12.7. The number of hydrogen-bond acceptors (Lipinski definition) is 7. The van der Waals surface area contributed by atoms with Gasteiger partial charge in [0.15, 0.2) is 11.5 Å². The van der Waals surface area contributed by atoms with Crippen LogP contribution in [0.2, 0.25) is 0 Å². The molecule has 1 atom stereocenters. The van der Waals surface area contributed by atoms with Crippen molar-refractivity contribution in [2.24, 2.45) is 0 Å². The molecule has 1 amide bonds. The van der Waals surface area contributed by atoms with Crippen molar-refractivity contribution < 1.29 is 24.5 Å². The van der Waals surface area contributed by atoms with Crippen molar-refractivity contribution in [2.45, 2.75) is 12.5 Å². The molecular weight excluding hydrogens is 382 g/mol. The molecule has 0 bridgehead atoms. The number of phenolic OH excluding ortho intramolecular Hbond substituents is 1. The van der Waals surface area contributed by atoms with Crippen LogP contribution >= 0.6 is 35.7 Å². The highest BCUT2D eigenvalue weighted by molar-refractivity contribution is 8.26. The van der Waals surface area contributed by atoms with Gasteiger partial charge in [0, 0.05) is 5.56 Å². The van der Waals surface area contributed by atoms with E-state index < -0.39 is 17.9 Å². The summed E-state index contributed by atoms with van der Waals surface area (Å²) in [5.41, 5.74) is 0.399. The first-order valence-corrected chi connectivity index (χ1v) is 9.87. The largest absolute Gasteiger partial charge is 0.504 e. The monoisotopic (exact) mass is 399 g/mol. The molecule has 1 fully saturated rings. The second-order valence-corrected chi connectivity index (χ2v) is 7.75. The topological polar surface area (TPSA) is 87.1 Å². The second-order valence-electron chi connectivity index (χ2n) is 5.09. The fourth-order valence-corrected chi connectivity index (χ4v) is 4.11. The van der Waals surface area contributed by atoms with Crippen molar-refractivity contribution in [2.75, 3.05) is 19.1 Å². The average Bonchev–Trinajstić information content (AvgIpc) is 2.84. The molecular formula is C16H17NO5S3. The van der Waals surface area contributed by atoms with Crippen molar-refractivity contribution in [3.05, 3.63) is 28.7 Å². The first-order chi connectivity index (χ1) is 11.9. The smallest absolute Gasteiger partial charge is 0.326 e. The van der Waals surface area contributed by atoms with E-state index in [4.69, 9.17) is 17.0 Å². The molecule has 0 aliphatic carbocycles. The average molecular weight is 400 g/mol. The highest BCUT2D eigenvalue weighted by Crippen LogP contribution is 2.38. The molecule has 134 valence electrons. The molecule has 0 spiro atoms. The van der Waals surface area contributed by atoms with Crippen molar-refractivity contribution in [3.8, 4) is 11.5 Å². The first kappa shape index (κ1) is 19.6. The van der Waals surface area contributed by atoms with Gasteiger partial charge in [0.25, 0.3) is 5.91 Å². The number of hydrogen-bond donors (Lipinski definition) is 2. The van der Waals surface area contributed by atoms with E-state index in [0.717, 1.165) is 16.7 Å². The molecule has 0 radical (unpaired) electrons. The lowest BCUT2D eigenvalue weighted by molar-refractivity contribution is -0.145. The molecule has 9 heteroatoms. The number of methoxy groups -OCH3 is 1. The molecule has 6 nitrogen and oxygen atoms in total. The van der Waals surface area contributed by atoms with Crippen LogP contribution in [0.3, 0.4) is 0 Å². The van der Waals surface area contributed by atoms with Crippen LogP contribution in [0.25, 0.3) is 6.08 Å². The number of phenols is 1. The number of para-hydroxylation sites is 1. The van der Waals surface area contributed by atoms with Crippen LogP contribution in [0.5, 0.6) is 11.5 Å². The number of thiocarbonyl (C=S) groups is 1. The molecule has 2 rings (SSSR count). The lowest BCUT2D eigenvalue weighted by Gasteiger charge is -2.22. The molecule has 25 heavy (non-hydrogen) atoms. The maximum atomic E-state index is 12.7. The number of carboxylic acids is 1. The number of carboxylic acid groups (broad SMARTS) is 1. The summed E-state index contributed by atoms with van der Waals surface area (Å²) in [5.74, 6) is -0.759. The zero-order chi connectivity index (χ0) is 18.6. The Morgan fingerprint density at radius 1 is 1.52 bits per heavy atom. The minimum atomic E-state index is -1.09. The van der Waals surface area contributed by atoms with Crippen LogP contribution in [-0.4, -0.2) is 56.5 Å². The molecule has 0 aromatic heterocycles. The minimum Gasteiger partial charge on any atom is -0.504 e. The van der Waals surface area contributed by atoms with E-state index in [1.54, 1.807) is 18.2 Å². The third-order valence-electron chi connectivity index (χ3n) is 3.55. The summed E-state index contributed by atoms with van der Waals surface area (Å²) in [7, 11) is 1.43. The summed E-state index contributed by atoms with van der Waals surface area (Å²) >= 11 is 7.74. The van der Waals surface area contributed by atoms with Crippen LogP contribution in [-0.2, 0) is 9.59 Å². The van der Waals surface area contributed by atoms with Gasteiger partial charge in [-0.25, -0.2) is 4.79 Å². The standard InChI is InChI=1S/C16H17NO5S3/c1-22-11-5-3-4-9(13(11)18)8-12-14(19)17(16(23)25-12)10(15(20)21)6-7-24-2/h3-5,8,10,18H,6-7H2,1-2H3,(H,20,21)/b12-8-/t10-/m1/s1. The number of rotatable bonds is 7. The van der Waals surface area contributed by atoms with Crippen LogP contribution in [0.15, 0.2) is 23.1 Å². The summed E-state index contributed by atoms with van der Waals surface area (Å²) < 4.78 is 5.25. The number of carbonyl (C=O) groups is 2. The predicted molar refractivity (Wildman–Crippen MR) is 104 cm³/mol. The van der Waals surface area contributed by atoms with E-state index in [1.807, 2.05) is 6.26 Å². The summed E-state index contributed by atoms with van der Waals surface area (Å²) in [6.07, 6.45) is 3.67. The Balaban J connectivity index is 2.33. The molecule has 1 saturated heterocycles. The van der Waals surface area contributed by atoms with Crippen LogP contribution in [0.4, 0.5) is 0 Å². The Labute approximate surface area is 159 Å². The van der Waals surface area contributed by atoms with E-state index in [2.05, 4.69) is 0 Å².